The van der Waals surface area contributed by atoms with Crippen molar-refractivity contribution in [2.75, 3.05) is 20.3 Å². The lowest BCUT2D eigenvalue weighted by atomic mass is 10.2. The molecule has 1 aromatic carbocycles. The third-order valence-corrected chi connectivity index (χ3v) is 4.53. The van der Waals surface area contributed by atoms with E-state index in [0.717, 1.165) is 11.3 Å². The summed E-state index contributed by atoms with van der Waals surface area (Å²) in [4.78, 5) is 16.3. The predicted octanol–water partition coefficient (Wildman–Crippen LogP) is 3.38. The summed E-state index contributed by atoms with van der Waals surface area (Å²) in [6, 6.07) is 7.30. The van der Waals surface area contributed by atoms with Gasteiger partial charge in [0.2, 0.25) is 11.8 Å². The number of nitrogens with zero attached hydrogens (tertiary/aromatic N) is 1. The van der Waals surface area contributed by atoms with E-state index in [1.54, 1.807) is 25.5 Å². The van der Waals surface area contributed by atoms with Crippen LogP contribution in [0.15, 0.2) is 34.9 Å². The van der Waals surface area contributed by atoms with Gasteiger partial charge >= 0.3 is 0 Å². The minimum absolute atomic E-state index is 0.00605. The third-order valence-electron chi connectivity index (χ3n) is 3.10. The van der Waals surface area contributed by atoms with Gasteiger partial charge < -0.3 is 14.5 Å². The average molecular weight is 355 g/mol. The molecule has 7 heteroatoms. The molecule has 0 unspecified atom stereocenters. The lowest BCUT2D eigenvalue weighted by molar-refractivity contribution is -0.120. The molecule has 5 nitrogen and oxygen atoms in total. The molecular weight excluding hydrogens is 336 g/mol. The van der Waals surface area contributed by atoms with Gasteiger partial charge in [-0.1, -0.05) is 11.6 Å². The van der Waals surface area contributed by atoms with Gasteiger partial charge in [-0.2, -0.15) is 0 Å². The molecule has 0 bridgehead atoms. The second kappa shape index (κ2) is 8.96. The van der Waals surface area contributed by atoms with Crippen LogP contribution in [-0.4, -0.2) is 36.4 Å². The van der Waals surface area contributed by atoms with Crippen molar-refractivity contribution in [3.05, 3.63) is 41.2 Å². The number of rotatable bonds is 8. The first-order valence-electron chi connectivity index (χ1n) is 7.18. The molecule has 1 aromatic heterocycles. The van der Waals surface area contributed by atoms with E-state index >= 15 is 0 Å². The van der Waals surface area contributed by atoms with Gasteiger partial charge in [0, 0.05) is 30.0 Å². The summed E-state index contributed by atoms with van der Waals surface area (Å²) in [6.45, 7) is 2.90. The first-order valence-corrected chi connectivity index (χ1v) is 8.61. The van der Waals surface area contributed by atoms with Crippen LogP contribution in [0.2, 0.25) is 5.02 Å². The first-order chi connectivity index (χ1) is 11.1. The van der Waals surface area contributed by atoms with Crippen LogP contribution in [0.25, 0.3) is 11.5 Å². The molecule has 2 aromatic rings. The molecule has 0 saturated heterocycles. The van der Waals surface area contributed by atoms with Gasteiger partial charge in [-0.05, 0) is 31.2 Å². The molecule has 23 heavy (non-hydrogen) atoms. The molecule has 0 fully saturated rings. The van der Waals surface area contributed by atoms with E-state index in [0.29, 0.717) is 29.8 Å². The zero-order valence-electron chi connectivity index (χ0n) is 13.0. The van der Waals surface area contributed by atoms with Gasteiger partial charge in [0.1, 0.15) is 6.26 Å². The monoisotopic (exact) mass is 354 g/mol. The molecule has 1 heterocycles. The second-order valence-electron chi connectivity index (χ2n) is 4.89. The summed E-state index contributed by atoms with van der Waals surface area (Å²) < 4.78 is 10.4. The topological polar surface area (TPSA) is 64.4 Å². The maximum absolute atomic E-state index is 11.9. The molecule has 1 atom stereocenters. The van der Waals surface area contributed by atoms with Crippen LogP contribution in [0.1, 0.15) is 12.6 Å². The summed E-state index contributed by atoms with van der Waals surface area (Å²) in [5.74, 6) is 1.15. The molecule has 0 saturated carbocycles. The number of nitrogens with one attached hydrogen (secondary N) is 1. The number of carbonyl (C=O) groups excluding carboxylic acids is 1. The number of amides is 1. The number of methoxy groups -OCH3 is 1. The van der Waals surface area contributed by atoms with Crippen molar-refractivity contribution in [1.29, 1.82) is 0 Å². The smallest absolute Gasteiger partial charge is 0.232 e. The number of hydrogen-bond acceptors (Lipinski definition) is 5. The highest BCUT2D eigenvalue weighted by atomic mass is 35.5. The summed E-state index contributed by atoms with van der Waals surface area (Å²) >= 11 is 7.37. The first kappa shape index (κ1) is 17.8. The van der Waals surface area contributed by atoms with Crippen molar-refractivity contribution in [2.45, 2.75) is 17.9 Å². The highest BCUT2D eigenvalue weighted by Gasteiger charge is 2.14. The lowest BCUT2D eigenvalue weighted by Gasteiger charge is -2.10. The number of thioether (sulfide) groups is 1. The summed E-state index contributed by atoms with van der Waals surface area (Å²) in [6.07, 6.45) is 1.62. The third kappa shape index (κ3) is 5.57. The molecule has 1 N–H and O–H groups in total. The Kier molecular flexibility index (Phi) is 6.95. The summed E-state index contributed by atoms with van der Waals surface area (Å²) in [7, 11) is 1.60. The Morgan fingerprint density at radius 1 is 1.43 bits per heavy atom. The molecule has 0 aliphatic carbocycles. The highest BCUT2D eigenvalue weighted by molar-refractivity contribution is 7.99. The molecule has 0 aliphatic rings. The summed E-state index contributed by atoms with van der Waals surface area (Å²) in [5.41, 5.74) is 1.67. The Morgan fingerprint density at radius 2 is 2.17 bits per heavy atom. The fourth-order valence-electron chi connectivity index (χ4n) is 1.80. The van der Waals surface area contributed by atoms with Crippen molar-refractivity contribution >= 4 is 29.3 Å². The SMILES string of the molecule is COCCNC(=O)[C@H](C)SCc1coc(-c2ccc(Cl)cc2)n1. The maximum atomic E-state index is 11.9. The van der Waals surface area contributed by atoms with Crippen molar-refractivity contribution in [3.63, 3.8) is 0 Å². The largest absolute Gasteiger partial charge is 0.444 e. The van der Waals surface area contributed by atoms with E-state index in [9.17, 15) is 4.79 Å². The molecule has 0 spiro atoms. The van der Waals surface area contributed by atoms with E-state index in [1.807, 2.05) is 19.1 Å². The Labute approximate surface area is 144 Å². The highest BCUT2D eigenvalue weighted by Crippen LogP contribution is 2.23. The quantitative estimate of drug-likeness (QED) is 0.736. The molecule has 124 valence electrons. The van der Waals surface area contributed by atoms with E-state index in [2.05, 4.69) is 10.3 Å². The van der Waals surface area contributed by atoms with Crippen LogP contribution in [0.4, 0.5) is 0 Å². The lowest BCUT2D eigenvalue weighted by Crippen LogP contribution is -2.33. The van der Waals surface area contributed by atoms with Gasteiger partial charge in [-0.15, -0.1) is 11.8 Å². The summed E-state index contributed by atoms with van der Waals surface area (Å²) in [5, 5.41) is 3.32. The van der Waals surface area contributed by atoms with E-state index < -0.39 is 0 Å². The number of benzene rings is 1. The maximum Gasteiger partial charge on any atom is 0.232 e. The van der Waals surface area contributed by atoms with Gasteiger partial charge in [-0.3, -0.25) is 4.79 Å². The van der Waals surface area contributed by atoms with E-state index in [4.69, 9.17) is 20.8 Å². The molecule has 0 aliphatic heterocycles. The zero-order chi connectivity index (χ0) is 16.7. The normalized spacial score (nSPS) is 12.1. The van der Waals surface area contributed by atoms with Gasteiger partial charge in [0.15, 0.2) is 0 Å². The number of carbonyl (C=O) groups is 1. The van der Waals surface area contributed by atoms with Crippen LogP contribution in [0.3, 0.4) is 0 Å². The van der Waals surface area contributed by atoms with Crippen molar-refractivity contribution in [3.8, 4) is 11.5 Å². The second-order valence-corrected chi connectivity index (χ2v) is 6.65. The fraction of sp³-hybridized carbons (Fsp3) is 0.375. The van der Waals surface area contributed by atoms with Crippen molar-refractivity contribution < 1.29 is 13.9 Å². The number of hydrogen-bond donors (Lipinski definition) is 1. The minimum Gasteiger partial charge on any atom is -0.444 e. The zero-order valence-corrected chi connectivity index (χ0v) is 14.6. The van der Waals surface area contributed by atoms with Crippen LogP contribution < -0.4 is 5.32 Å². The predicted molar refractivity (Wildman–Crippen MR) is 92.6 cm³/mol. The molecule has 0 radical (unpaired) electrons. The van der Waals surface area contributed by atoms with Gasteiger partial charge in [0.05, 0.1) is 17.6 Å². The molecule has 2 rings (SSSR count). The molecule has 1 amide bonds. The average Bonchev–Trinajstić information content (AvgIpc) is 3.02. The number of aromatic nitrogens is 1. The van der Waals surface area contributed by atoms with Crippen molar-refractivity contribution in [1.82, 2.24) is 10.3 Å². The van der Waals surface area contributed by atoms with Crippen LogP contribution in [0, 0.1) is 0 Å². The number of oxazole rings is 1. The van der Waals surface area contributed by atoms with Gasteiger partial charge in [0.25, 0.3) is 0 Å². The van der Waals surface area contributed by atoms with Gasteiger partial charge in [-0.25, -0.2) is 4.98 Å². The standard InChI is InChI=1S/C16H19ClN2O3S/c1-11(15(20)18-7-8-21-2)23-10-14-9-22-16(19-14)12-3-5-13(17)6-4-12/h3-6,9,11H,7-8,10H2,1-2H3,(H,18,20)/t11-/m0/s1. The number of halogens is 1. The van der Waals surface area contributed by atoms with E-state index in [1.165, 1.54) is 11.8 Å². The minimum atomic E-state index is -0.164. The molecular formula is C16H19ClN2O3S. The van der Waals surface area contributed by atoms with Crippen LogP contribution in [-0.2, 0) is 15.3 Å². The van der Waals surface area contributed by atoms with Crippen LogP contribution in [0.5, 0.6) is 0 Å². The van der Waals surface area contributed by atoms with Crippen molar-refractivity contribution in [2.24, 2.45) is 0 Å². The Morgan fingerprint density at radius 3 is 2.87 bits per heavy atom. The Hall–Kier alpha value is -1.50. The Bertz CT molecular complexity index is 631. The number of ether oxygens (including phenoxy) is 1. The fourth-order valence-corrected chi connectivity index (χ4v) is 2.72. The van der Waals surface area contributed by atoms with Crippen LogP contribution >= 0.6 is 23.4 Å². The van der Waals surface area contributed by atoms with E-state index in [-0.39, 0.29) is 11.2 Å². The Balaban J connectivity index is 1.84.